The molecule has 2 atom stereocenters. The molecule has 210 valence electrons. The summed E-state index contributed by atoms with van der Waals surface area (Å²) in [4.78, 5) is 47.4. The molecular weight excluding hydrogens is 547 g/mol. The average molecular weight is 572 g/mol. The third-order valence-electron chi connectivity index (χ3n) is 6.13. The first kappa shape index (κ1) is 29.5. The molecule has 3 rings (SSSR count). The van der Waals surface area contributed by atoms with E-state index in [0.29, 0.717) is 35.6 Å². The largest absolute Gasteiger partial charge is 0.490 e. The Morgan fingerprint density at radius 3 is 2.28 bits per heavy atom. The number of fused-ring (bicyclic) bond motifs is 1. The predicted molar refractivity (Wildman–Crippen MR) is 133 cm³/mol. The highest BCUT2D eigenvalue weighted by molar-refractivity contribution is 7.92. The van der Waals surface area contributed by atoms with E-state index in [-0.39, 0.29) is 5.39 Å². The molecule has 2 heterocycles. The molecule has 0 aliphatic heterocycles. The number of nitrogens with one attached hydrogen (secondary N) is 1. The zero-order chi connectivity index (χ0) is 29.3. The summed E-state index contributed by atoms with van der Waals surface area (Å²) in [7, 11) is -1.08. The first-order valence-electron chi connectivity index (χ1n) is 11.1. The van der Waals surface area contributed by atoms with E-state index in [0.717, 1.165) is 16.2 Å². The number of hydrogen-bond donors (Lipinski definition) is 2. The molecule has 39 heavy (non-hydrogen) atoms. The maximum atomic E-state index is 13.2. The summed E-state index contributed by atoms with van der Waals surface area (Å²) < 4.78 is 66.3. The number of hydroxylamine groups is 1. The van der Waals surface area contributed by atoms with Crippen molar-refractivity contribution in [3.05, 3.63) is 53.2 Å². The predicted octanol–water partition coefficient (Wildman–Crippen LogP) is 1.31. The van der Waals surface area contributed by atoms with Crippen LogP contribution >= 0.6 is 0 Å². The van der Waals surface area contributed by atoms with Gasteiger partial charge in [-0.3, -0.25) is 14.8 Å². The van der Waals surface area contributed by atoms with Gasteiger partial charge in [-0.2, -0.15) is 13.2 Å². The molecule has 0 saturated heterocycles. The van der Waals surface area contributed by atoms with Crippen LogP contribution in [0.25, 0.3) is 21.9 Å². The first-order valence-corrected chi connectivity index (χ1v) is 12.9. The van der Waals surface area contributed by atoms with Gasteiger partial charge >= 0.3 is 12.1 Å². The lowest BCUT2D eigenvalue weighted by atomic mass is 10.0. The molecule has 0 radical (unpaired) electrons. The highest BCUT2D eigenvalue weighted by atomic mass is 32.2. The van der Waals surface area contributed by atoms with Crippen LogP contribution in [-0.4, -0.2) is 77.4 Å². The van der Waals surface area contributed by atoms with Gasteiger partial charge in [0.05, 0.1) is 6.54 Å². The molecule has 16 heteroatoms. The highest BCUT2D eigenvalue weighted by Crippen LogP contribution is 2.29. The molecule has 0 saturated carbocycles. The number of carbonyl (C=O) groups is 2. The lowest BCUT2D eigenvalue weighted by molar-refractivity contribution is -0.207. The Kier molecular flexibility index (Phi) is 8.02. The number of pyridine rings is 1. The fourth-order valence-corrected chi connectivity index (χ4v) is 4.66. The molecule has 1 aromatic carbocycles. The van der Waals surface area contributed by atoms with Crippen LogP contribution in [0.4, 0.5) is 19.1 Å². The van der Waals surface area contributed by atoms with Crippen LogP contribution in [0, 0.1) is 0 Å². The quantitative estimate of drug-likeness (QED) is 0.229. The smallest absolute Gasteiger partial charge is 0.452 e. The Balaban J connectivity index is 2.07. The van der Waals surface area contributed by atoms with Crippen molar-refractivity contribution in [1.82, 2.24) is 20.0 Å². The molecule has 0 bridgehead atoms. The summed E-state index contributed by atoms with van der Waals surface area (Å²) in [5.41, 5.74) is 1.61. The fourth-order valence-electron chi connectivity index (χ4n) is 3.68. The minimum absolute atomic E-state index is 0.0978. The number of sulfone groups is 1. The summed E-state index contributed by atoms with van der Waals surface area (Å²) in [6.45, 7) is -0.292. The van der Waals surface area contributed by atoms with Crippen LogP contribution in [0.1, 0.15) is 6.92 Å². The average Bonchev–Trinajstić information content (AvgIpc) is 2.87. The van der Waals surface area contributed by atoms with E-state index in [1.165, 1.54) is 12.1 Å². The number of benzene rings is 1. The Hall–Kier alpha value is -4.05. The third kappa shape index (κ3) is 5.85. The normalized spacial score (nSPS) is 14.4. The molecule has 12 nitrogen and oxygen atoms in total. The van der Waals surface area contributed by atoms with Gasteiger partial charge in [-0.15, -0.1) is 0 Å². The number of halogens is 3. The zero-order valence-electron chi connectivity index (χ0n) is 21.1. The van der Waals surface area contributed by atoms with Gasteiger partial charge in [0.1, 0.15) is 6.10 Å². The number of anilines is 1. The van der Waals surface area contributed by atoms with Crippen LogP contribution in [0.15, 0.2) is 47.7 Å². The Bertz CT molecular complexity index is 1570. The molecule has 2 N–H and O–H groups in total. The molecule has 2 aromatic heterocycles. The number of nitrogens with zero attached hydrogens (tertiary/aromatic N) is 4. The second kappa shape index (κ2) is 10.6. The maximum absolute atomic E-state index is 13.2. The number of aromatic nitrogens is 3. The van der Waals surface area contributed by atoms with Crippen molar-refractivity contribution in [2.24, 2.45) is 0 Å². The Labute approximate surface area is 219 Å². The SMILES string of the molecule is CN(C)c1ncc(-c2ccc3c(=O)n(CC(OC(=O)C(F)(F)F)[C@](C)(C(=O)NO)S(C)(=O)=O)ccc3c2)cn1. The van der Waals surface area contributed by atoms with Crippen molar-refractivity contribution >= 4 is 38.4 Å². The van der Waals surface area contributed by atoms with Crippen molar-refractivity contribution in [3.63, 3.8) is 0 Å². The van der Waals surface area contributed by atoms with Gasteiger partial charge < -0.3 is 14.2 Å². The second-order valence-corrected chi connectivity index (χ2v) is 11.3. The van der Waals surface area contributed by atoms with E-state index < -0.39 is 50.8 Å². The minimum Gasteiger partial charge on any atom is -0.452 e. The third-order valence-corrected chi connectivity index (χ3v) is 8.12. The second-order valence-electron chi connectivity index (χ2n) is 8.95. The van der Waals surface area contributed by atoms with Gasteiger partial charge in [-0.05, 0) is 36.1 Å². The first-order chi connectivity index (χ1) is 18.0. The number of rotatable bonds is 8. The van der Waals surface area contributed by atoms with E-state index >= 15 is 0 Å². The van der Waals surface area contributed by atoms with Crippen molar-refractivity contribution in [1.29, 1.82) is 0 Å². The van der Waals surface area contributed by atoms with Crippen molar-refractivity contribution in [2.75, 3.05) is 25.3 Å². The fraction of sp³-hybridized carbons (Fsp3) is 0.348. The highest BCUT2D eigenvalue weighted by Gasteiger charge is 2.55. The van der Waals surface area contributed by atoms with Gasteiger partial charge in [0, 0.05) is 49.9 Å². The van der Waals surface area contributed by atoms with Crippen LogP contribution in [0.2, 0.25) is 0 Å². The monoisotopic (exact) mass is 571 g/mol. The molecule has 0 fully saturated rings. The van der Waals surface area contributed by atoms with Crippen LogP contribution < -0.4 is 15.9 Å². The molecule has 0 spiro atoms. The number of hydrogen-bond acceptors (Lipinski definition) is 10. The summed E-state index contributed by atoms with van der Waals surface area (Å²) in [6.07, 6.45) is -3.07. The summed E-state index contributed by atoms with van der Waals surface area (Å²) in [6, 6.07) is 6.11. The standard InChI is InChI=1S/C23H24F3N5O7S/c1-22(19(33)29-35,39(4,36)37)17(38-20(34)23(24,25)26)12-31-8-7-14-9-13(5-6-16(14)18(31)32)15-10-27-21(28-11-15)30(2)3/h5-11,17,35H,12H2,1-4H3,(H,29,33)/t17?,22-/m1/s1. The molecule has 0 aliphatic carbocycles. The van der Waals surface area contributed by atoms with Crippen LogP contribution in [0.5, 0.6) is 0 Å². The lowest BCUT2D eigenvalue weighted by Crippen LogP contribution is -2.60. The van der Waals surface area contributed by atoms with E-state index in [9.17, 15) is 36.0 Å². The van der Waals surface area contributed by atoms with Gasteiger partial charge in [0.15, 0.2) is 14.6 Å². The summed E-state index contributed by atoms with van der Waals surface area (Å²) in [5, 5.41) is 9.62. The number of carbonyl (C=O) groups excluding carboxylic acids is 2. The minimum atomic E-state index is -5.54. The van der Waals surface area contributed by atoms with Gasteiger partial charge in [-0.1, -0.05) is 6.07 Å². The van der Waals surface area contributed by atoms with Crippen LogP contribution in [-0.2, 0) is 30.7 Å². The topological polar surface area (TPSA) is 161 Å². The summed E-state index contributed by atoms with van der Waals surface area (Å²) >= 11 is 0. The van der Waals surface area contributed by atoms with E-state index in [1.54, 1.807) is 43.5 Å². The molecular formula is C23H24F3N5O7S. The van der Waals surface area contributed by atoms with Gasteiger partial charge in [-0.25, -0.2) is 28.7 Å². The lowest BCUT2D eigenvalue weighted by Gasteiger charge is -2.33. The molecule has 1 unspecified atom stereocenters. The van der Waals surface area contributed by atoms with Gasteiger partial charge in [0.25, 0.3) is 11.5 Å². The zero-order valence-corrected chi connectivity index (χ0v) is 21.9. The molecule has 1 amide bonds. The Morgan fingerprint density at radius 1 is 1.15 bits per heavy atom. The number of alkyl halides is 3. The van der Waals surface area contributed by atoms with Crippen LogP contribution in [0.3, 0.4) is 0 Å². The van der Waals surface area contributed by atoms with Gasteiger partial charge in [0.2, 0.25) is 5.95 Å². The summed E-state index contributed by atoms with van der Waals surface area (Å²) in [5.74, 6) is -3.96. The molecule has 0 aliphatic rings. The Morgan fingerprint density at radius 2 is 1.77 bits per heavy atom. The van der Waals surface area contributed by atoms with E-state index in [4.69, 9.17) is 5.21 Å². The number of esters is 1. The van der Waals surface area contributed by atoms with E-state index in [1.807, 2.05) is 0 Å². The van der Waals surface area contributed by atoms with E-state index in [2.05, 4.69) is 14.7 Å². The number of amides is 1. The number of ether oxygens (including phenoxy) is 1. The molecule has 3 aromatic rings. The van der Waals surface area contributed by atoms with Crippen molar-refractivity contribution in [3.8, 4) is 11.1 Å². The maximum Gasteiger partial charge on any atom is 0.490 e. The van der Waals surface area contributed by atoms with Crippen molar-refractivity contribution in [2.45, 2.75) is 30.5 Å². The van der Waals surface area contributed by atoms with Crippen molar-refractivity contribution < 1.29 is 41.1 Å².